The van der Waals surface area contributed by atoms with E-state index in [9.17, 15) is 4.79 Å². The van der Waals surface area contributed by atoms with E-state index in [4.69, 9.17) is 14.2 Å². The number of carbonyl (C=O) groups is 1. The molecule has 0 spiro atoms. The van der Waals surface area contributed by atoms with Gasteiger partial charge in [0.2, 0.25) is 5.91 Å². The van der Waals surface area contributed by atoms with Crippen LogP contribution >= 0.6 is 0 Å². The van der Waals surface area contributed by atoms with Crippen LogP contribution in [0.2, 0.25) is 0 Å². The zero-order valence-corrected chi connectivity index (χ0v) is 14.0. The molecule has 2 saturated heterocycles. The van der Waals surface area contributed by atoms with E-state index in [0.717, 1.165) is 38.9 Å². The van der Waals surface area contributed by atoms with Crippen LogP contribution in [0.3, 0.4) is 0 Å². The molecular weight excluding hydrogens is 282 g/mol. The Labute approximate surface area is 134 Å². The Morgan fingerprint density at radius 1 is 1.32 bits per heavy atom. The summed E-state index contributed by atoms with van der Waals surface area (Å²) in [6.45, 7) is 8.07. The van der Waals surface area contributed by atoms with Crippen molar-refractivity contribution in [3.05, 3.63) is 0 Å². The summed E-state index contributed by atoms with van der Waals surface area (Å²) >= 11 is 0. The SMILES string of the molecule is CC(C)C1CC(CC(=O)NCCCOC2CCOC2)CCO1. The molecule has 0 aromatic heterocycles. The molecule has 3 atom stereocenters. The molecule has 0 bridgehead atoms. The Balaban J connectivity index is 1.51. The molecule has 5 nitrogen and oxygen atoms in total. The average Bonchev–Trinajstić information content (AvgIpc) is 3.00. The summed E-state index contributed by atoms with van der Waals surface area (Å²) in [5.74, 6) is 1.16. The molecule has 2 rings (SSSR count). The molecule has 0 radical (unpaired) electrons. The third-order valence-electron chi connectivity index (χ3n) is 4.53. The second-order valence-corrected chi connectivity index (χ2v) is 6.81. The zero-order valence-electron chi connectivity index (χ0n) is 14.0. The predicted octanol–water partition coefficient (Wildman–Crippen LogP) is 2.14. The standard InChI is InChI=1S/C17H31NO4/c1-13(2)16-10-14(4-9-22-16)11-17(19)18-6-3-7-21-15-5-8-20-12-15/h13-16H,3-12H2,1-2H3,(H,18,19). The summed E-state index contributed by atoms with van der Waals surface area (Å²) in [6.07, 6.45) is 5.07. The highest BCUT2D eigenvalue weighted by Crippen LogP contribution is 2.27. The maximum absolute atomic E-state index is 12.0. The van der Waals surface area contributed by atoms with Gasteiger partial charge in [-0.3, -0.25) is 4.79 Å². The second kappa shape index (κ2) is 9.48. The molecule has 2 heterocycles. The van der Waals surface area contributed by atoms with Crippen LogP contribution < -0.4 is 5.32 Å². The van der Waals surface area contributed by atoms with E-state index in [1.807, 2.05) is 0 Å². The van der Waals surface area contributed by atoms with E-state index in [2.05, 4.69) is 19.2 Å². The summed E-state index contributed by atoms with van der Waals surface area (Å²) < 4.78 is 16.7. The van der Waals surface area contributed by atoms with Crippen molar-refractivity contribution in [2.24, 2.45) is 11.8 Å². The first kappa shape index (κ1) is 17.7. The van der Waals surface area contributed by atoms with Crippen molar-refractivity contribution in [2.45, 2.75) is 58.2 Å². The molecule has 3 unspecified atom stereocenters. The molecule has 2 aliphatic heterocycles. The monoisotopic (exact) mass is 313 g/mol. The summed E-state index contributed by atoms with van der Waals surface area (Å²) in [5, 5.41) is 3.01. The lowest BCUT2D eigenvalue weighted by atomic mass is 9.88. The number of nitrogens with one attached hydrogen (secondary N) is 1. The minimum atomic E-state index is 0.165. The first-order valence-corrected chi connectivity index (χ1v) is 8.72. The lowest BCUT2D eigenvalue weighted by Crippen LogP contribution is -2.33. The van der Waals surface area contributed by atoms with E-state index in [-0.39, 0.29) is 12.0 Å². The third-order valence-corrected chi connectivity index (χ3v) is 4.53. The van der Waals surface area contributed by atoms with Gasteiger partial charge in [0.05, 0.1) is 18.8 Å². The number of amides is 1. The summed E-state index contributed by atoms with van der Waals surface area (Å²) in [4.78, 5) is 12.0. The molecule has 22 heavy (non-hydrogen) atoms. The topological polar surface area (TPSA) is 56.8 Å². The number of hydrogen-bond acceptors (Lipinski definition) is 4. The summed E-state index contributed by atoms with van der Waals surface area (Å²) in [5.41, 5.74) is 0. The van der Waals surface area contributed by atoms with Crippen molar-refractivity contribution < 1.29 is 19.0 Å². The van der Waals surface area contributed by atoms with Gasteiger partial charge < -0.3 is 19.5 Å². The van der Waals surface area contributed by atoms with Crippen LogP contribution in [-0.2, 0) is 19.0 Å². The van der Waals surface area contributed by atoms with E-state index in [1.54, 1.807) is 0 Å². The minimum Gasteiger partial charge on any atom is -0.379 e. The van der Waals surface area contributed by atoms with Crippen LogP contribution in [0.15, 0.2) is 0 Å². The normalized spacial score (nSPS) is 29.0. The Hall–Kier alpha value is -0.650. The van der Waals surface area contributed by atoms with Crippen molar-refractivity contribution in [2.75, 3.05) is 33.0 Å². The number of hydrogen-bond donors (Lipinski definition) is 1. The van der Waals surface area contributed by atoms with Crippen molar-refractivity contribution >= 4 is 5.91 Å². The molecule has 0 aliphatic carbocycles. The lowest BCUT2D eigenvalue weighted by molar-refractivity contribution is -0.123. The molecule has 2 aliphatic rings. The van der Waals surface area contributed by atoms with Gasteiger partial charge in [-0.15, -0.1) is 0 Å². The molecule has 1 amide bonds. The van der Waals surface area contributed by atoms with Crippen LogP contribution in [0.1, 0.15) is 46.0 Å². The van der Waals surface area contributed by atoms with Crippen LogP contribution in [0, 0.1) is 11.8 Å². The molecule has 0 saturated carbocycles. The van der Waals surface area contributed by atoms with Gasteiger partial charge in [-0.1, -0.05) is 13.8 Å². The zero-order chi connectivity index (χ0) is 15.8. The van der Waals surface area contributed by atoms with E-state index >= 15 is 0 Å². The van der Waals surface area contributed by atoms with Crippen LogP contribution in [0.4, 0.5) is 0 Å². The second-order valence-electron chi connectivity index (χ2n) is 6.81. The Morgan fingerprint density at radius 3 is 2.91 bits per heavy atom. The van der Waals surface area contributed by atoms with Gasteiger partial charge in [-0.2, -0.15) is 0 Å². The maximum atomic E-state index is 12.0. The van der Waals surface area contributed by atoms with Gasteiger partial charge in [0.1, 0.15) is 0 Å². The highest BCUT2D eigenvalue weighted by atomic mass is 16.5. The van der Waals surface area contributed by atoms with Gasteiger partial charge in [0.15, 0.2) is 0 Å². The largest absolute Gasteiger partial charge is 0.379 e. The highest BCUT2D eigenvalue weighted by Gasteiger charge is 2.26. The van der Waals surface area contributed by atoms with Crippen LogP contribution in [-0.4, -0.2) is 51.1 Å². The smallest absolute Gasteiger partial charge is 0.220 e. The van der Waals surface area contributed by atoms with Crippen LogP contribution in [0.5, 0.6) is 0 Å². The number of ether oxygens (including phenoxy) is 3. The van der Waals surface area contributed by atoms with Gasteiger partial charge in [0, 0.05) is 32.8 Å². The molecule has 5 heteroatoms. The Bertz CT molecular complexity index is 329. The van der Waals surface area contributed by atoms with Crippen molar-refractivity contribution in [3.8, 4) is 0 Å². The lowest BCUT2D eigenvalue weighted by Gasteiger charge is -2.31. The van der Waals surface area contributed by atoms with Gasteiger partial charge in [0.25, 0.3) is 0 Å². The van der Waals surface area contributed by atoms with Gasteiger partial charge in [-0.05, 0) is 37.5 Å². The van der Waals surface area contributed by atoms with Gasteiger partial charge >= 0.3 is 0 Å². The quantitative estimate of drug-likeness (QED) is 0.698. The average molecular weight is 313 g/mol. The third kappa shape index (κ3) is 6.23. The summed E-state index contributed by atoms with van der Waals surface area (Å²) in [6, 6.07) is 0. The predicted molar refractivity (Wildman–Crippen MR) is 84.7 cm³/mol. The van der Waals surface area contributed by atoms with Crippen molar-refractivity contribution in [1.82, 2.24) is 5.32 Å². The van der Waals surface area contributed by atoms with E-state index < -0.39 is 0 Å². The van der Waals surface area contributed by atoms with Crippen LogP contribution in [0.25, 0.3) is 0 Å². The molecule has 2 fully saturated rings. The maximum Gasteiger partial charge on any atom is 0.220 e. The summed E-state index contributed by atoms with van der Waals surface area (Å²) in [7, 11) is 0. The van der Waals surface area contributed by atoms with Crippen molar-refractivity contribution in [1.29, 1.82) is 0 Å². The van der Waals surface area contributed by atoms with E-state index in [1.165, 1.54) is 0 Å². The van der Waals surface area contributed by atoms with Gasteiger partial charge in [-0.25, -0.2) is 0 Å². The number of rotatable bonds is 8. The fraction of sp³-hybridized carbons (Fsp3) is 0.941. The molecule has 0 aromatic carbocycles. The first-order chi connectivity index (χ1) is 10.6. The Kier molecular flexibility index (Phi) is 7.63. The molecular formula is C17H31NO4. The van der Waals surface area contributed by atoms with Crippen molar-refractivity contribution in [3.63, 3.8) is 0 Å². The highest BCUT2D eigenvalue weighted by molar-refractivity contribution is 5.76. The fourth-order valence-electron chi connectivity index (χ4n) is 3.08. The van der Waals surface area contributed by atoms with E-state index in [0.29, 0.717) is 44.1 Å². The molecule has 0 aromatic rings. The minimum absolute atomic E-state index is 0.165. The molecule has 128 valence electrons. The fourth-order valence-corrected chi connectivity index (χ4v) is 3.08. The molecule has 1 N–H and O–H groups in total. The Morgan fingerprint density at radius 2 is 2.18 bits per heavy atom. The number of carbonyl (C=O) groups excluding carboxylic acids is 1. The first-order valence-electron chi connectivity index (χ1n) is 8.72.